The zero-order valence-electron chi connectivity index (χ0n) is 16.5. The Kier molecular flexibility index (Phi) is 7.02. The number of nitrogens with zero attached hydrogens (tertiary/aromatic N) is 3. The van der Waals surface area contributed by atoms with E-state index in [0.717, 1.165) is 25.4 Å². The van der Waals surface area contributed by atoms with Crippen molar-refractivity contribution in [3.05, 3.63) is 64.2 Å². The molecule has 1 aliphatic heterocycles. The van der Waals surface area contributed by atoms with Crippen molar-refractivity contribution in [2.24, 2.45) is 0 Å². The van der Waals surface area contributed by atoms with E-state index in [1.165, 1.54) is 12.1 Å². The Balaban J connectivity index is 1.37. The van der Waals surface area contributed by atoms with E-state index in [4.69, 9.17) is 9.47 Å². The molecule has 1 heterocycles. The van der Waals surface area contributed by atoms with Crippen molar-refractivity contribution < 1.29 is 19.2 Å². The Bertz CT molecular complexity index is 835. The van der Waals surface area contributed by atoms with Gasteiger partial charge in [-0.25, -0.2) is 0 Å². The average molecular weight is 399 g/mol. The number of nitro benzene ring substituents is 1. The Morgan fingerprint density at radius 1 is 1.03 bits per heavy atom. The quantitative estimate of drug-likeness (QED) is 0.501. The summed E-state index contributed by atoms with van der Waals surface area (Å²) in [5.41, 5.74) is 0.544. The molecule has 3 rings (SSSR count). The second kappa shape index (κ2) is 9.88. The molecule has 0 atom stereocenters. The molecule has 0 spiro atoms. The van der Waals surface area contributed by atoms with E-state index in [2.05, 4.69) is 4.90 Å². The van der Waals surface area contributed by atoms with Gasteiger partial charge in [0.25, 0.3) is 11.6 Å². The molecule has 0 aromatic heterocycles. The van der Waals surface area contributed by atoms with E-state index in [1.54, 1.807) is 17.9 Å². The average Bonchev–Trinajstić information content (AvgIpc) is 2.73. The van der Waals surface area contributed by atoms with Crippen molar-refractivity contribution in [2.45, 2.75) is 6.92 Å². The largest absolute Gasteiger partial charge is 0.492 e. The molecule has 0 radical (unpaired) electrons. The van der Waals surface area contributed by atoms with Crippen LogP contribution in [0.3, 0.4) is 0 Å². The number of aryl methyl sites for hydroxylation is 1. The van der Waals surface area contributed by atoms with Crippen molar-refractivity contribution >= 4 is 11.6 Å². The molecular weight excluding hydrogens is 374 g/mol. The number of para-hydroxylation sites is 1. The highest BCUT2D eigenvalue weighted by Gasteiger charge is 2.21. The number of amides is 1. The number of nitro groups is 1. The Morgan fingerprint density at radius 3 is 2.41 bits per heavy atom. The van der Waals surface area contributed by atoms with Crippen LogP contribution in [0.25, 0.3) is 0 Å². The lowest BCUT2D eigenvalue weighted by molar-refractivity contribution is -0.385. The topological polar surface area (TPSA) is 85.2 Å². The molecule has 1 saturated heterocycles. The second-order valence-electron chi connectivity index (χ2n) is 6.88. The van der Waals surface area contributed by atoms with Crippen molar-refractivity contribution in [3.63, 3.8) is 0 Å². The third kappa shape index (κ3) is 5.92. The molecule has 1 aliphatic rings. The SMILES string of the molecule is Cc1cc(OCC(=O)N2CCN(CCOc3ccccc3)CC2)ccc1[N+](=O)[O-]. The van der Waals surface area contributed by atoms with E-state index in [9.17, 15) is 14.9 Å². The van der Waals surface area contributed by atoms with Crippen LogP contribution in [0.5, 0.6) is 11.5 Å². The van der Waals surface area contributed by atoms with Crippen LogP contribution >= 0.6 is 0 Å². The molecule has 0 bridgehead atoms. The first-order valence-electron chi connectivity index (χ1n) is 9.59. The van der Waals surface area contributed by atoms with E-state index in [1.807, 2.05) is 30.3 Å². The van der Waals surface area contributed by atoms with Gasteiger partial charge >= 0.3 is 0 Å². The lowest BCUT2D eigenvalue weighted by atomic mass is 10.2. The molecule has 29 heavy (non-hydrogen) atoms. The summed E-state index contributed by atoms with van der Waals surface area (Å²) in [5.74, 6) is 1.24. The molecule has 8 heteroatoms. The minimum Gasteiger partial charge on any atom is -0.492 e. The maximum Gasteiger partial charge on any atom is 0.272 e. The monoisotopic (exact) mass is 399 g/mol. The van der Waals surface area contributed by atoms with Gasteiger partial charge in [0, 0.05) is 44.4 Å². The van der Waals surface area contributed by atoms with Gasteiger partial charge in [-0.05, 0) is 31.2 Å². The van der Waals surface area contributed by atoms with Gasteiger partial charge in [-0.3, -0.25) is 19.8 Å². The number of piperazine rings is 1. The van der Waals surface area contributed by atoms with Crippen LogP contribution in [-0.2, 0) is 4.79 Å². The van der Waals surface area contributed by atoms with Crippen LogP contribution in [0.1, 0.15) is 5.56 Å². The Hall–Kier alpha value is -3.13. The van der Waals surface area contributed by atoms with Crippen LogP contribution in [0.4, 0.5) is 5.69 Å². The number of ether oxygens (including phenoxy) is 2. The fourth-order valence-corrected chi connectivity index (χ4v) is 3.19. The zero-order valence-corrected chi connectivity index (χ0v) is 16.5. The maximum absolute atomic E-state index is 12.4. The molecule has 154 valence electrons. The van der Waals surface area contributed by atoms with Gasteiger partial charge in [-0.15, -0.1) is 0 Å². The fourth-order valence-electron chi connectivity index (χ4n) is 3.19. The van der Waals surface area contributed by atoms with E-state index < -0.39 is 4.92 Å². The number of hydrogen-bond donors (Lipinski definition) is 0. The molecule has 2 aromatic rings. The van der Waals surface area contributed by atoms with Gasteiger partial charge in [0.1, 0.15) is 18.1 Å². The minimum absolute atomic E-state index is 0.0380. The predicted octanol–water partition coefficient (Wildman–Crippen LogP) is 2.51. The molecule has 1 fully saturated rings. The molecule has 0 aliphatic carbocycles. The smallest absolute Gasteiger partial charge is 0.272 e. The highest BCUT2D eigenvalue weighted by Crippen LogP contribution is 2.23. The van der Waals surface area contributed by atoms with Gasteiger partial charge in [0.15, 0.2) is 6.61 Å². The summed E-state index contributed by atoms with van der Waals surface area (Å²) in [6, 6.07) is 14.2. The number of hydrogen-bond acceptors (Lipinski definition) is 6. The van der Waals surface area contributed by atoms with E-state index in [-0.39, 0.29) is 18.2 Å². The van der Waals surface area contributed by atoms with Crippen molar-refractivity contribution in [1.82, 2.24) is 9.80 Å². The first-order chi connectivity index (χ1) is 14.0. The molecular formula is C21H25N3O5. The van der Waals surface area contributed by atoms with Gasteiger partial charge in [-0.1, -0.05) is 18.2 Å². The normalized spacial score (nSPS) is 14.4. The van der Waals surface area contributed by atoms with E-state index >= 15 is 0 Å². The minimum atomic E-state index is -0.436. The summed E-state index contributed by atoms with van der Waals surface area (Å²) in [4.78, 5) is 26.9. The van der Waals surface area contributed by atoms with Crippen molar-refractivity contribution in [1.29, 1.82) is 0 Å². The van der Waals surface area contributed by atoms with Crippen LogP contribution < -0.4 is 9.47 Å². The number of benzene rings is 2. The molecule has 8 nitrogen and oxygen atoms in total. The second-order valence-corrected chi connectivity index (χ2v) is 6.88. The van der Waals surface area contributed by atoms with Crippen molar-refractivity contribution in [2.75, 3.05) is 45.9 Å². The maximum atomic E-state index is 12.4. The summed E-state index contributed by atoms with van der Waals surface area (Å²) >= 11 is 0. The summed E-state index contributed by atoms with van der Waals surface area (Å²) < 4.78 is 11.2. The van der Waals surface area contributed by atoms with Gasteiger partial charge in [0.2, 0.25) is 0 Å². The third-order valence-corrected chi connectivity index (χ3v) is 4.87. The Morgan fingerprint density at radius 2 is 1.76 bits per heavy atom. The van der Waals surface area contributed by atoms with Gasteiger partial charge in [-0.2, -0.15) is 0 Å². The summed E-state index contributed by atoms with van der Waals surface area (Å²) in [5, 5.41) is 10.9. The molecule has 0 N–H and O–H groups in total. The molecule has 0 saturated carbocycles. The first kappa shape index (κ1) is 20.6. The Labute approximate surface area is 169 Å². The summed E-state index contributed by atoms with van der Waals surface area (Å²) in [6.07, 6.45) is 0. The van der Waals surface area contributed by atoms with Gasteiger partial charge < -0.3 is 14.4 Å². The summed E-state index contributed by atoms with van der Waals surface area (Å²) in [7, 11) is 0. The zero-order chi connectivity index (χ0) is 20.6. The van der Waals surface area contributed by atoms with Crippen LogP contribution in [-0.4, -0.2) is 66.6 Å². The van der Waals surface area contributed by atoms with E-state index in [0.29, 0.717) is 31.0 Å². The van der Waals surface area contributed by atoms with Crippen LogP contribution in [0.15, 0.2) is 48.5 Å². The number of carbonyl (C=O) groups is 1. The van der Waals surface area contributed by atoms with Crippen LogP contribution in [0.2, 0.25) is 0 Å². The fraction of sp³-hybridized carbons (Fsp3) is 0.381. The molecule has 0 unspecified atom stereocenters. The van der Waals surface area contributed by atoms with Crippen LogP contribution in [0, 0.1) is 17.0 Å². The highest BCUT2D eigenvalue weighted by molar-refractivity contribution is 5.77. The first-order valence-corrected chi connectivity index (χ1v) is 9.59. The molecule has 1 amide bonds. The lowest BCUT2D eigenvalue weighted by Gasteiger charge is -2.34. The highest BCUT2D eigenvalue weighted by atomic mass is 16.6. The van der Waals surface area contributed by atoms with Gasteiger partial charge in [0.05, 0.1) is 4.92 Å². The number of rotatable bonds is 8. The predicted molar refractivity (Wildman–Crippen MR) is 108 cm³/mol. The molecule has 2 aromatic carbocycles. The number of carbonyl (C=O) groups excluding carboxylic acids is 1. The summed E-state index contributed by atoms with van der Waals surface area (Å²) in [6.45, 7) is 5.87. The lowest BCUT2D eigenvalue weighted by Crippen LogP contribution is -2.50. The van der Waals surface area contributed by atoms with Crippen molar-refractivity contribution in [3.8, 4) is 11.5 Å². The third-order valence-electron chi connectivity index (χ3n) is 4.87. The standard InChI is InChI=1S/C21H25N3O5/c1-17-15-19(7-8-20(17)24(26)27)29-16-21(25)23-11-9-22(10-12-23)13-14-28-18-5-3-2-4-6-18/h2-8,15H,9-14,16H2,1H3.